The van der Waals surface area contributed by atoms with Crippen LogP contribution in [0.3, 0.4) is 0 Å². The minimum Gasteiger partial charge on any atom is -0.314 e. The van der Waals surface area contributed by atoms with Crippen LogP contribution in [-0.2, 0) is 5.41 Å². The molecule has 3 rings (SSSR count). The number of amides is 1. The number of fused-ring (bicyclic) bond motifs is 1. The second-order valence-electron chi connectivity index (χ2n) is 7.30. The Bertz CT molecular complexity index is 779. The van der Waals surface area contributed by atoms with Gasteiger partial charge in [0, 0.05) is 43.5 Å². The summed E-state index contributed by atoms with van der Waals surface area (Å²) in [5, 5.41) is 4.40. The summed E-state index contributed by atoms with van der Waals surface area (Å²) in [6, 6.07) is 3.76. The molecule has 1 aliphatic rings. The number of likely N-dealkylation sites (N-methyl/N-ethyl adjacent to an activating group) is 1. The van der Waals surface area contributed by atoms with Gasteiger partial charge in [-0.25, -0.2) is 9.29 Å². The molecule has 1 saturated heterocycles. The Morgan fingerprint density at radius 2 is 1.96 bits per heavy atom. The van der Waals surface area contributed by atoms with Crippen molar-refractivity contribution in [3.63, 3.8) is 0 Å². The van der Waals surface area contributed by atoms with Crippen LogP contribution in [0.15, 0.2) is 12.1 Å². The third-order valence-electron chi connectivity index (χ3n) is 4.03. The quantitative estimate of drug-likeness (QED) is 0.744. The minimum atomic E-state index is -0.105. The van der Waals surface area contributed by atoms with Gasteiger partial charge in [-0.15, -0.1) is 11.3 Å². The summed E-state index contributed by atoms with van der Waals surface area (Å²) in [4.78, 5) is 19.3. The van der Waals surface area contributed by atoms with Crippen molar-refractivity contribution < 1.29 is 4.79 Å². The zero-order chi connectivity index (χ0) is 18.2. The number of halogens is 1. The topological polar surface area (TPSA) is 48.5 Å². The zero-order valence-corrected chi connectivity index (χ0v) is 17.3. The van der Waals surface area contributed by atoms with Crippen molar-refractivity contribution in [3.8, 4) is 0 Å². The number of rotatable bonds is 2. The summed E-state index contributed by atoms with van der Waals surface area (Å²) in [5.41, 5.74) is 1.52. The average molecular weight is 399 g/mol. The van der Waals surface area contributed by atoms with E-state index in [0.717, 1.165) is 41.4 Å². The molecular formula is C17H23ClN4OS2. The van der Waals surface area contributed by atoms with Crippen molar-refractivity contribution in [2.24, 2.45) is 0 Å². The van der Waals surface area contributed by atoms with Gasteiger partial charge in [0.25, 0.3) is 5.24 Å². The summed E-state index contributed by atoms with van der Waals surface area (Å²) < 4.78 is 3.13. The number of carbonyl (C=O) groups excluding carboxylic acids is 1. The van der Waals surface area contributed by atoms with Gasteiger partial charge in [-0.05, 0) is 19.2 Å². The Morgan fingerprint density at radius 3 is 2.60 bits per heavy atom. The van der Waals surface area contributed by atoms with Crippen LogP contribution in [0.4, 0.5) is 10.5 Å². The molecule has 2 heterocycles. The summed E-state index contributed by atoms with van der Waals surface area (Å²) in [5.74, 6) is 0. The van der Waals surface area contributed by atoms with Gasteiger partial charge >= 0.3 is 0 Å². The zero-order valence-electron chi connectivity index (χ0n) is 14.9. The van der Waals surface area contributed by atoms with E-state index in [1.54, 1.807) is 11.3 Å². The normalized spacial score (nSPS) is 17.2. The fraction of sp³-hybridized carbons (Fsp3) is 0.529. The van der Waals surface area contributed by atoms with E-state index in [4.69, 9.17) is 11.6 Å². The molecule has 136 valence electrons. The molecule has 0 radical (unpaired) electrons. The van der Waals surface area contributed by atoms with E-state index in [1.165, 1.54) is 11.9 Å². The molecule has 1 N–H and O–H groups in total. The van der Waals surface area contributed by atoms with Crippen LogP contribution in [0, 0.1) is 0 Å². The number of nitrogens with zero attached hydrogens (tertiary/aromatic N) is 3. The number of anilines is 1. The van der Waals surface area contributed by atoms with Crippen LogP contribution in [0.2, 0.25) is 5.02 Å². The van der Waals surface area contributed by atoms with E-state index >= 15 is 0 Å². The molecule has 8 heteroatoms. The molecule has 1 aromatic heterocycles. The molecule has 5 nitrogen and oxygen atoms in total. The van der Waals surface area contributed by atoms with Crippen LogP contribution in [0.25, 0.3) is 10.2 Å². The molecule has 0 bridgehead atoms. The molecule has 0 aliphatic carbocycles. The Morgan fingerprint density at radius 1 is 1.28 bits per heavy atom. The van der Waals surface area contributed by atoms with Crippen molar-refractivity contribution in [1.82, 2.24) is 14.2 Å². The monoisotopic (exact) mass is 398 g/mol. The SMILES string of the molecule is CN1CCN(SC(=O)Nc2cc3sc(C(C)(C)C)nc3cc2Cl)CC1. The Hall–Kier alpha value is -0.860. The molecular weight excluding hydrogens is 376 g/mol. The first kappa shape index (κ1) is 18.9. The Balaban J connectivity index is 1.72. The Kier molecular flexibility index (Phi) is 5.60. The third-order valence-corrected chi connectivity index (χ3v) is 6.68. The van der Waals surface area contributed by atoms with E-state index in [1.807, 2.05) is 12.1 Å². The van der Waals surface area contributed by atoms with Crippen LogP contribution in [-0.4, -0.2) is 52.7 Å². The molecule has 25 heavy (non-hydrogen) atoms. The van der Waals surface area contributed by atoms with Crippen LogP contribution in [0.5, 0.6) is 0 Å². The fourth-order valence-corrected chi connectivity index (χ4v) is 4.48. The lowest BCUT2D eigenvalue weighted by molar-refractivity contribution is 0.232. The number of benzene rings is 1. The van der Waals surface area contributed by atoms with Gasteiger partial charge in [0.05, 0.1) is 25.9 Å². The van der Waals surface area contributed by atoms with Gasteiger partial charge in [-0.1, -0.05) is 32.4 Å². The smallest absolute Gasteiger partial charge is 0.298 e. The highest BCUT2D eigenvalue weighted by Crippen LogP contribution is 2.36. The molecule has 0 spiro atoms. The second kappa shape index (κ2) is 7.40. The predicted octanol–water partition coefficient (Wildman–Crippen LogP) is 4.67. The summed E-state index contributed by atoms with van der Waals surface area (Å²) in [6.45, 7) is 10.1. The van der Waals surface area contributed by atoms with Gasteiger partial charge in [-0.3, -0.25) is 4.79 Å². The summed E-state index contributed by atoms with van der Waals surface area (Å²) in [7, 11) is 2.10. The lowest BCUT2D eigenvalue weighted by Crippen LogP contribution is -2.41. The highest BCUT2D eigenvalue weighted by molar-refractivity contribution is 8.11. The minimum absolute atomic E-state index is 0.00313. The molecule has 2 aromatic rings. The molecule has 1 aromatic carbocycles. The van der Waals surface area contributed by atoms with Crippen molar-refractivity contribution in [2.75, 3.05) is 38.5 Å². The van der Waals surface area contributed by atoms with Gasteiger partial charge in [0.1, 0.15) is 0 Å². The van der Waals surface area contributed by atoms with Crippen molar-refractivity contribution in [2.45, 2.75) is 26.2 Å². The number of carbonyl (C=O) groups is 1. The van der Waals surface area contributed by atoms with Gasteiger partial charge in [0.2, 0.25) is 0 Å². The molecule has 1 fully saturated rings. The molecule has 0 atom stereocenters. The number of hydrogen-bond donors (Lipinski definition) is 1. The number of nitrogens with one attached hydrogen (secondary N) is 1. The van der Waals surface area contributed by atoms with Gasteiger partial charge in [-0.2, -0.15) is 0 Å². The van der Waals surface area contributed by atoms with Gasteiger partial charge in [0.15, 0.2) is 0 Å². The maximum absolute atomic E-state index is 12.3. The average Bonchev–Trinajstić information content (AvgIpc) is 2.93. The summed E-state index contributed by atoms with van der Waals surface area (Å²) >= 11 is 9.23. The van der Waals surface area contributed by atoms with Crippen molar-refractivity contribution in [1.29, 1.82) is 0 Å². The van der Waals surface area contributed by atoms with E-state index in [-0.39, 0.29) is 10.7 Å². The molecule has 1 aliphatic heterocycles. The van der Waals surface area contributed by atoms with Crippen LogP contribution in [0.1, 0.15) is 25.8 Å². The van der Waals surface area contributed by atoms with Crippen LogP contribution >= 0.6 is 34.9 Å². The van der Waals surface area contributed by atoms with Crippen molar-refractivity contribution >= 4 is 56.0 Å². The summed E-state index contributed by atoms with van der Waals surface area (Å²) in [6.07, 6.45) is 0. The standard InChI is InChI=1S/C17H23ClN4OS2/c1-17(2,3)15-19-13-9-11(18)12(10-14(13)24-15)20-16(23)25-22-7-5-21(4)6-8-22/h9-10H,5-8H2,1-4H3,(H,20,23). The number of hydrogen-bond acceptors (Lipinski definition) is 6. The van der Waals surface area contributed by atoms with E-state index < -0.39 is 0 Å². The van der Waals surface area contributed by atoms with E-state index in [2.05, 4.69) is 47.3 Å². The van der Waals surface area contributed by atoms with Crippen molar-refractivity contribution in [3.05, 3.63) is 22.2 Å². The Labute approximate surface area is 161 Å². The third kappa shape index (κ3) is 4.65. The fourth-order valence-electron chi connectivity index (χ4n) is 2.49. The van der Waals surface area contributed by atoms with E-state index in [0.29, 0.717) is 10.7 Å². The highest BCUT2D eigenvalue weighted by Gasteiger charge is 2.21. The van der Waals surface area contributed by atoms with Gasteiger partial charge < -0.3 is 10.2 Å². The first-order chi connectivity index (χ1) is 11.7. The lowest BCUT2D eigenvalue weighted by atomic mass is 9.98. The maximum atomic E-state index is 12.3. The number of thiazole rings is 1. The second-order valence-corrected chi connectivity index (χ2v) is 9.81. The van der Waals surface area contributed by atoms with E-state index in [9.17, 15) is 4.79 Å². The lowest BCUT2D eigenvalue weighted by Gasteiger charge is -2.30. The predicted molar refractivity (Wildman–Crippen MR) is 109 cm³/mol. The molecule has 0 unspecified atom stereocenters. The molecule has 1 amide bonds. The first-order valence-electron chi connectivity index (χ1n) is 8.25. The highest BCUT2D eigenvalue weighted by atomic mass is 35.5. The number of piperazine rings is 1. The molecule has 0 saturated carbocycles. The maximum Gasteiger partial charge on any atom is 0.298 e. The largest absolute Gasteiger partial charge is 0.314 e. The first-order valence-corrected chi connectivity index (χ1v) is 10.2. The van der Waals surface area contributed by atoms with Crippen LogP contribution < -0.4 is 5.32 Å². The number of aromatic nitrogens is 1.